The molecule has 11 heteroatoms. The van der Waals surface area contributed by atoms with Crippen molar-refractivity contribution in [1.82, 2.24) is 4.90 Å². The Morgan fingerprint density at radius 3 is 2.71 bits per heavy atom. The van der Waals surface area contributed by atoms with Crippen LogP contribution >= 0.6 is 24.0 Å². The second kappa shape index (κ2) is 10.3. The number of thioether (sulfide) groups is 1. The zero-order valence-electron chi connectivity index (χ0n) is 18.1. The third-order valence-corrected chi connectivity index (χ3v) is 6.66. The number of esters is 1. The number of nitrogens with zero attached hydrogens (tertiary/aromatic N) is 2. The molecule has 2 fully saturated rings. The van der Waals surface area contributed by atoms with E-state index >= 15 is 0 Å². The zero-order chi connectivity index (χ0) is 24.2. The summed E-state index contributed by atoms with van der Waals surface area (Å²) >= 11 is 6.61. The van der Waals surface area contributed by atoms with E-state index in [0.717, 1.165) is 12.8 Å². The van der Waals surface area contributed by atoms with Gasteiger partial charge in [0.2, 0.25) is 0 Å². The normalized spacial score (nSPS) is 19.0. The number of amides is 1. The van der Waals surface area contributed by atoms with E-state index in [0.29, 0.717) is 33.7 Å². The Kier molecular flexibility index (Phi) is 7.25. The van der Waals surface area contributed by atoms with Crippen LogP contribution in [0.5, 0.6) is 11.5 Å². The molecule has 0 aliphatic carbocycles. The Bertz CT molecular complexity index is 1170. The lowest BCUT2D eigenvalue weighted by atomic mass is 10.1. The maximum absolute atomic E-state index is 12.8. The van der Waals surface area contributed by atoms with Crippen molar-refractivity contribution in [1.29, 1.82) is 0 Å². The molecular formula is C23H20N2O7S2. The molecule has 1 atom stereocenters. The number of hydrogen-bond donors (Lipinski definition) is 0. The lowest BCUT2D eigenvalue weighted by molar-refractivity contribution is -0.384. The van der Waals surface area contributed by atoms with E-state index in [1.54, 1.807) is 29.2 Å². The lowest BCUT2D eigenvalue weighted by Gasteiger charge is -2.18. The number of carbonyl (C=O) groups is 2. The predicted octanol–water partition coefficient (Wildman–Crippen LogP) is 4.20. The molecule has 0 saturated carbocycles. The quantitative estimate of drug-likeness (QED) is 0.138. The van der Waals surface area contributed by atoms with Crippen LogP contribution in [-0.4, -0.2) is 52.4 Å². The minimum Gasteiger partial charge on any atom is -0.493 e. The van der Waals surface area contributed by atoms with Crippen LogP contribution in [0.2, 0.25) is 0 Å². The average molecular weight is 501 g/mol. The van der Waals surface area contributed by atoms with E-state index in [1.165, 1.54) is 43.1 Å². The molecule has 2 heterocycles. The first-order valence-corrected chi connectivity index (χ1v) is 11.6. The van der Waals surface area contributed by atoms with E-state index < -0.39 is 10.9 Å². The van der Waals surface area contributed by atoms with Gasteiger partial charge in [-0.3, -0.25) is 19.8 Å². The highest BCUT2D eigenvalue weighted by Gasteiger charge is 2.34. The van der Waals surface area contributed by atoms with Crippen LogP contribution in [0.25, 0.3) is 6.08 Å². The van der Waals surface area contributed by atoms with Gasteiger partial charge in [0.1, 0.15) is 4.32 Å². The Morgan fingerprint density at radius 2 is 2.06 bits per heavy atom. The highest BCUT2D eigenvalue weighted by atomic mass is 32.2. The first-order valence-electron chi connectivity index (χ1n) is 10.4. The van der Waals surface area contributed by atoms with E-state index in [4.69, 9.17) is 26.4 Å². The van der Waals surface area contributed by atoms with Crippen molar-refractivity contribution >= 4 is 51.9 Å². The lowest BCUT2D eigenvalue weighted by Crippen LogP contribution is -2.35. The third kappa shape index (κ3) is 5.27. The van der Waals surface area contributed by atoms with E-state index in [1.807, 2.05) is 0 Å². The summed E-state index contributed by atoms with van der Waals surface area (Å²) in [6, 6.07) is 9.98. The average Bonchev–Trinajstić information content (AvgIpc) is 3.44. The van der Waals surface area contributed by atoms with Crippen molar-refractivity contribution in [2.75, 3.05) is 20.3 Å². The number of ether oxygens (including phenoxy) is 3. The monoisotopic (exact) mass is 500 g/mol. The van der Waals surface area contributed by atoms with Gasteiger partial charge in [-0.05, 0) is 48.7 Å². The van der Waals surface area contributed by atoms with Gasteiger partial charge in [0.25, 0.3) is 11.6 Å². The van der Waals surface area contributed by atoms with Crippen LogP contribution in [0.15, 0.2) is 47.4 Å². The smallest absolute Gasteiger partial charge is 0.343 e. The standard InChI is InChI=1S/C23H20N2O7S2/c1-30-19-11-14(12-20-21(26)24(23(33)34-20)13-17-3-2-10-31-17)4-9-18(19)32-22(27)15-5-7-16(8-6-15)25(28)29/h4-9,11-12,17H,2-3,10,13H2,1H3/b20-12+. The Hall–Kier alpha value is -3.28. The minimum absolute atomic E-state index is 0.00617. The predicted molar refractivity (Wildman–Crippen MR) is 130 cm³/mol. The molecule has 2 aromatic carbocycles. The fourth-order valence-electron chi connectivity index (χ4n) is 3.54. The summed E-state index contributed by atoms with van der Waals surface area (Å²) in [5.74, 6) is -0.387. The third-order valence-electron chi connectivity index (χ3n) is 5.29. The largest absolute Gasteiger partial charge is 0.493 e. The van der Waals surface area contributed by atoms with Crippen LogP contribution in [0.3, 0.4) is 0 Å². The van der Waals surface area contributed by atoms with Crippen LogP contribution in [0.4, 0.5) is 5.69 Å². The van der Waals surface area contributed by atoms with Gasteiger partial charge in [0.15, 0.2) is 11.5 Å². The molecule has 2 aliphatic rings. The Morgan fingerprint density at radius 1 is 1.29 bits per heavy atom. The summed E-state index contributed by atoms with van der Waals surface area (Å²) in [6.45, 7) is 1.15. The van der Waals surface area contributed by atoms with Gasteiger partial charge in [-0.1, -0.05) is 30.0 Å². The fourth-order valence-corrected chi connectivity index (χ4v) is 4.81. The van der Waals surface area contributed by atoms with Gasteiger partial charge >= 0.3 is 5.97 Å². The number of nitro benzene ring substituents is 1. The van der Waals surface area contributed by atoms with Crippen LogP contribution in [0.1, 0.15) is 28.8 Å². The highest BCUT2D eigenvalue weighted by Crippen LogP contribution is 2.35. The molecule has 1 unspecified atom stereocenters. The van der Waals surface area contributed by atoms with Crippen molar-refractivity contribution in [3.63, 3.8) is 0 Å². The van der Waals surface area contributed by atoms with Gasteiger partial charge in [0.05, 0.1) is 35.2 Å². The Balaban J connectivity index is 1.48. The first kappa shape index (κ1) is 23.9. The van der Waals surface area contributed by atoms with E-state index in [2.05, 4.69) is 0 Å². The van der Waals surface area contributed by atoms with Crippen molar-refractivity contribution in [3.8, 4) is 11.5 Å². The van der Waals surface area contributed by atoms with E-state index in [9.17, 15) is 19.7 Å². The van der Waals surface area contributed by atoms with Gasteiger partial charge in [0, 0.05) is 18.7 Å². The summed E-state index contributed by atoms with van der Waals surface area (Å²) < 4.78 is 16.9. The summed E-state index contributed by atoms with van der Waals surface area (Å²) in [4.78, 5) is 37.6. The Labute approximate surface area is 204 Å². The number of benzene rings is 2. The first-order chi connectivity index (χ1) is 16.4. The number of hydrogen-bond acceptors (Lipinski definition) is 9. The van der Waals surface area contributed by atoms with Gasteiger partial charge < -0.3 is 14.2 Å². The number of rotatable bonds is 7. The maximum Gasteiger partial charge on any atom is 0.343 e. The van der Waals surface area contributed by atoms with Crippen molar-refractivity contribution in [2.24, 2.45) is 0 Å². The number of carbonyl (C=O) groups excluding carboxylic acids is 2. The number of methoxy groups -OCH3 is 1. The summed E-state index contributed by atoms with van der Waals surface area (Å²) in [5, 5.41) is 10.8. The molecule has 0 aromatic heterocycles. The molecule has 2 aliphatic heterocycles. The molecule has 34 heavy (non-hydrogen) atoms. The molecular weight excluding hydrogens is 480 g/mol. The van der Waals surface area contributed by atoms with E-state index in [-0.39, 0.29) is 29.0 Å². The second-order valence-electron chi connectivity index (χ2n) is 7.53. The zero-order valence-corrected chi connectivity index (χ0v) is 19.7. The molecule has 0 spiro atoms. The highest BCUT2D eigenvalue weighted by molar-refractivity contribution is 8.26. The molecule has 9 nitrogen and oxygen atoms in total. The summed E-state index contributed by atoms with van der Waals surface area (Å²) in [5.41, 5.74) is 0.705. The van der Waals surface area contributed by atoms with Crippen molar-refractivity contribution in [2.45, 2.75) is 18.9 Å². The van der Waals surface area contributed by atoms with Gasteiger partial charge in [-0.15, -0.1) is 0 Å². The second-order valence-corrected chi connectivity index (χ2v) is 9.21. The molecule has 2 aromatic rings. The SMILES string of the molecule is COc1cc(/C=C2/SC(=S)N(CC3CCCO3)C2=O)ccc1OC(=O)c1ccc([N+](=O)[O-])cc1. The van der Waals surface area contributed by atoms with Crippen molar-refractivity contribution < 1.29 is 28.7 Å². The molecule has 0 bridgehead atoms. The minimum atomic E-state index is -0.684. The van der Waals surface area contributed by atoms with Crippen LogP contribution in [-0.2, 0) is 9.53 Å². The van der Waals surface area contributed by atoms with Crippen LogP contribution < -0.4 is 9.47 Å². The number of non-ortho nitro benzene ring substituents is 1. The molecule has 4 rings (SSSR count). The molecule has 0 N–H and O–H groups in total. The fraction of sp³-hybridized carbons (Fsp3) is 0.261. The molecule has 2 saturated heterocycles. The van der Waals surface area contributed by atoms with Gasteiger partial charge in [-0.25, -0.2) is 4.79 Å². The van der Waals surface area contributed by atoms with Gasteiger partial charge in [-0.2, -0.15) is 0 Å². The molecule has 176 valence electrons. The molecule has 1 amide bonds. The molecule has 0 radical (unpaired) electrons. The summed E-state index contributed by atoms with van der Waals surface area (Å²) in [7, 11) is 1.43. The maximum atomic E-state index is 12.8. The summed E-state index contributed by atoms with van der Waals surface area (Å²) in [6.07, 6.45) is 3.61. The topological polar surface area (TPSA) is 108 Å². The number of nitro groups is 1. The van der Waals surface area contributed by atoms with Crippen molar-refractivity contribution in [3.05, 3.63) is 68.6 Å². The van der Waals surface area contributed by atoms with Crippen LogP contribution in [0, 0.1) is 10.1 Å². The number of thiocarbonyl (C=S) groups is 1.